The molecule has 7 nitrogen and oxygen atoms in total. The summed E-state index contributed by atoms with van der Waals surface area (Å²) in [6, 6.07) is 4.07. The van der Waals surface area contributed by atoms with Gasteiger partial charge in [-0.2, -0.15) is 0 Å². The summed E-state index contributed by atoms with van der Waals surface area (Å²) in [7, 11) is 1.44. The van der Waals surface area contributed by atoms with Crippen molar-refractivity contribution in [2.24, 2.45) is 11.8 Å². The van der Waals surface area contributed by atoms with Crippen LogP contribution in [0.25, 0.3) is 0 Å². The van der Waals surface area contributed by atoms with Crippen molar-refractivity contribution < 1.29 is 14.5 Å². The lowest BCUT2D eigenvalue weighted by Gasteiger charge is -2.38. The average Bonchev–Trinajstić information content (AvgIpc) is 2.53. The van der Waals surface area contributed by atoms with Gasteiger partial charge in [-0.3, -0.25) is 19.8 Å². The first kappa shape index (κ1) is 18.2. The Bertz CT molecular complexity index is 610. The van der Waals surface area contributed by atoms with Gasteiger partial charge in [-0.05, 0) is 37.3 Å². The number of carbonyl (C=O) groups is 1. The van der Waals surface area contributed by atoms with Crippen LogP contribution in [0.3, 0.4) is 0 Å². The summed E-state index contributed by atoms with van der Waals surface area (Å²) < 4.78 is 5.01. The van der Waals surface area contributed by atoms with Gasteiger partial charge in [0.05, 0.1) is 24.1 Å². The van der Waals surface area contributed by atoms with E-state index in [2.05, 4.69) is 24.1 Å². The number of amides is 1. The fraction of sp³-hybridized carbons (Fsp3) is 0.588. The van der Waals surface area contributed by atoms with Gasteiger partial charge in [0.1, 0.15) is 11.4 Å². The van der Waals surface area contributed by atoms with Crippen molar-refractivity contribution >= 4 is 17.3 Å². The maximum atomic E-state index is 12.5. The Morgan fingerprint density at radius 3 is 2.54 bits per heavy atom. The van der Waals surface area contributed by atoms with Gasteiger partial charge in [-0.15, -0.1) is 0 Å². The Labute approximate surface area is 142 Å². The van der Waals surface area contributed by atoms with Gasteiger partial charge in [-0.25, -0.2) is 0 Å². The van der Waals surface area contributed by atoms with E-state index in [-0.39, 0.29) is 23.3 Å². The van der Waals surface area contributed by atoms with E-state index in [1.54, 1.807) is 6.07 Å². The molecule has 1 heterocycles. The molecular weight excluding hydrogens is 310 g/mol. The summed E-state index contributed by atoms with van der Waals surface area (Å²) in [4.78, 5) is 25.4. The first-order valence-corrected chi connectivity index (χ1v) is 8.19. The molecule has 0 aliphatic carbocycles. The van der Waals surface area contributed by atoms with E-state index in [4.69, 9.17) is 4.74 Å². The topological polar surface area (TPSA) is 84.7 Å². The summed E-state index contributed by atoms with van der Waals surface area (Å²) in [5, 5.41) is 13.9. The number of methoxy groups -OCH3 is 1. The van der Waals surface area contributed by atoms with Gasteiger partial charge in [0.15, 0.2) is 0 Å². The molecule has 7 heteroatoms. The number of nitrogens with one attached hydrogen (secondary N) is 1. The lowest BCUT2D eigenvalue weighted by atomic mass is 9.91. The second kappa shape index (κ2) is 7.61. The average molecular weight is 335 g/mol. The third kappa shape index (κ3) is 4.23. The molecule has 0 bridgehead atoms. The van der Waals surface area contributed by atoms with Crippen LogP contribution in [0, 0.1) is 22.0 Å². The van der Waals surface area contributed by atoms with Crippen LogP contribution >= 0.6 is 0 Å². The van der Waals surface area contributed by atoms with Crippen LogP contribution in [-0.2, 0) is 4.79 Å². The Morgan fingerprint density at radius 1 is 1.38 bits per heavy atom. The van der Waals surface area contributed by atoms with Gasteiger partial charge in [0.2, 0.25) is 5.91 Å². The van der Waals surface area contributed by atoms with E-state index in [9.17, 15) is 14.9 Å². The fourth-order valence-electron chi connectivity index (χ4n) is 3.33. The van der Waals surface area contributed by atoms with Gasteiger partial charge >= 0.3 is 0 Å². The quantitative estimate of drug-likeness (QED) is 0.660. The Kier molecular flexibility index (Phi) is 5.77. The second-order valence-electron chi connectivity index (χ2n) is 6.71. The second-order valence-corrected chi connectivity index (χ2v) is 6.71. The Morgan fingerprint density at radius 2 is 2.00 bits per heavy atom. The lowest BCUT2D eigenvalue weighted by molar-refractivity contribution is -0.384. The van der Waals surface area contributed by atoms with Crippen molar-refractivity contribution in [3.8, 4) is 5.75 Å². The van der Waals surface area contributed by atoms with E-state index in [1.165, 1.54) is 19.2 Å². The van der Waals surface area contributed by atoms with Gasteiger partial charge < -0.3 is 10.1 Å². The standard InChI is InChI=1S/C17H25N3O4/c1-11-7-12(2)10-19(9-11)13(3)17(21)18-15-6-5-14(24-4)8-16(15)20(22)23/h5-6,8,11-13H,7,9-10H2,1-4H3,(H,18,21)/t11-,12-,13-/m0/s1. The molecule has 1 saturated heterocycles. The predicted molar refractivity (Wildman–Crippen MR) is 92.3 cm³/mol. The first-order valence-electron chi connectivity index (χ1n) is 8.19. The minimum Gasteiger partial charge on any atom is -0.496 e. The van der Waals surface area contributed by atoms with Gasteiger partial charge in [-0.1, -0.05) is 13.8 Å². The minimum atomic E-state index is -0.520. The number of anilines is 1. The molecule has 0 spiro atoms. The van der Waals surface area contributed by atoms with E-state index < -0.39 is 4.92 Å². The third-order valence-electron chi connectivity index (χ3n) is 4.48. The number of nitro groups is 1. The highest BCUT2D eigenvalue weighted by Crippen LogP contribution is 2.29. The van der Waals surface area contributed by atoms with Crippen LogP contribution in [0.1, 0.15) is 27.2 Å². The van der Waals surface area contributed by atoms with E-state index >= 15 is 0 Å². The molecule has 1 aliphatic rings. The smallest absolute Gasteiger partial charge is 0.296 e. The highest BCUT2D eigenvalue weighted by molar-refractivity contribution is 5.96. The normalized spacial score (nSPS) is 22.7. The van der Waals surface area contributed by atoms with E-state index in [0.29, 0.717) is 17.6 Å². The van der Waals surface area contributed by atoms with Crippen molar-refractivity contribution in [2.45, 2.75) is 33.2 Å². The number of piperidine rings is 1. The van der Waals surface area contributed by atoms with Crippen LogP contribution in [-0.4, -0.2) is 42.0 Å². The van der Waals surface area contributed by atoms with Crippen LogP contribution in [0.4, 0.5) is 11.4 Å². The Hall–Kier alpha value is -2.15. The number of hydrogen-bond acceptors (Lipinski definition) is 5. The number of nitrogens with zero attached hydrogens (tertiary/aromatic N) is 2. The number of likely N-dealkylation sites (tertiary alicyclic amines) is 1. The zero-order valence-electron chi connectivity index (χ0n) is 14.6. The lowest BCUT2D eigenvalue weighted by Crippen LogP contribution is -2.48. The van der Waals surface area contributed by atoms with Crippen molar-refractivity contribution in [3.63, 3.8) is 0 Å². The highest BCUT2D eigenvalue weighted by atomic mass is 16.6. The predicted octanol–water partition coefficient (Wildman–Crippen LogP) is 2.91. The molecule has 0 aromatic heterocycles. The van der Waals surface area contributed by atoms with Crippen molar-refractivity contribution in [1.29, 1.82) is 0 Å². The van der Waals surface area contributed by atoms with Crippen molar-refractivity contribution in [2.75, 3.05) is 25.5 Å². The molecule has 2 rings (SSSR count). The maximum Gasteiger partial charge on any atom is 0.296 e. The number of carbonyl (C=O) groups excluding carboxylic acids is 1. The summed E-state index contributed by atoms with van der Waals surface area (Å²) in [5.74, 6) is 1.23. The SMILES string of the molecule is COc1ccc(NC(=O)[C@H](C)N2C[C@@H](C)C[C@H](C)C2)c([N+](=O)[O-])c1. The number of nitro benzene ring substituents is 1. The van der Waals surface area contributed by atoms with Crippen LogP contribution in [0.5, 0.6) is 5.75 Å². The molecule has 0 radical (unpaired) electrons. The number of hydrogen-bond donors (Lipinski definition) is 1. The maximum absolute atomic E-state index is 12.5. The molecule has 1 aromatic rings. The molecule has 24 heavy (non-hydrogen) atoms. The third-order valence-corrected chi connectivity index (χ3v) is 4.48. The molecule has 3 atom stereocenters. The molecule has 0 unspecified atom stereocenters. The summed E-state index contributed by atoms with van der Waals surface area (Å²) in [6.45, 7) is 7.94. The van der Waals surface area contributed by atoms with E-state index in [1.807, 2.05) is 6.92 Å². The molecule has 0 saturated carbocycles. The molecule has 1 amide bonds. The first-order chi connectivity index (χ1) is 11.3. The zero-order valence-corrected chi connectivity index (χ0v) is 14.6. The molecule has 1 aliphatic heterocycles. The van der Waals surface area contributed by atoms with Gasteiger partial charge in [0, 0.05) is 13.1 Å². The number of ether oxygens (including phenoxy) is 1. The highest BCUT2D eigenvalue weighted by Gasteiger charge is 2.29. The molecule has 1 aromatic carbocycles. The van der Waals surface area contributed by atoms with Crippen LogP contribution in [0.15, 0.2) is 18.2 Å². The van der Waals surface area contributed by atoms with Crippen LogP contribution in [0.2, 0.25) is 0 Å². The number of rotatable bonds is 5. The van der Waals surface area contributed by atoms with Crippen molar-refractivity contribution in [3.05, 3.63) is 28.3 Å². The van der Waals surface area contributed by atoms with Gasteiger partial charge in [0.25, 0.3) is 5.69 Å². The number of benzene rings is 1. The minimum absolute atomic E-state index is 0.171. The van der Waals surface area contributed by atoms with Crippen molar-refractivity contribution in [1.82, 2.24) is 4.90 Å². The zero-order chi connectivity index (χ0) is 17.9. The monoisotopic (exact) mass is 335 g/mol. The molecule has 1 fully saturated rings. The fourth-order valence-corrected chi connectivity index (χ4v) is 3.33. The molecule has 1 N–H and O–H groups in total. The summed E-state index contributed by atoms with van der Waals surface area (Å²) >= 11 is 0. The largest absolute Gasteiger partial charge is 0.496 e. The molecular formula is C17H25N3O4. The van der Waals surface area contributed by atoms with Crippen LogP contribution < -0.4 is 10.1 Å². The Balaban J connectivity index is 2.12. The summed E-state index contributed by atoms with van der Waals surface area (Å²) in [5.41, 5.74) is 0.0195. The summed E-state index contributed by atoms with van der Waals surface area (Å²) in [6.07, 6.45) is 1.16. The molecule has 132 valence electrons. The van der Waals surface area contributed by atoms with E-state index in [0.717, 1.165) is 19.5 Å².